The summed E-state index contributed by atoms with van der Waals surface area (Å²) in [7, 11) is 0. The van der Waals surface area contributed by atoms with E-state index in [0.717, 1.165) is 11.8 Å². The summed E-state index contributed by atoms with van der Waals surface area (Å²) in [5.74, 6) is -2.03. The van der Waals surface area contributed by atoms with Gasteiger partial charge < -0.3 is 19.6 Å². The standard InChI is InChI=1S/C29H26ClF2N5O3.C2H6/c1-3-23(39)37-13-12-36(16-17(37)2)28-19-15-20(30)24(25-21(31)8-6-9-22(25)38)26(32)27(19)34-29(35-28)40-14-10-18-7-4-5-11-33-18;1-2/h3-9,11,15,17,38H,1,10,12-14,16H2,2H3;1-2H3. The zero-order chi connectivity index (χ0) is 30.4. The van der Waals surface area contributed by atoms with Gasteiger partial charge in [0.1, 0.15) is 22.9 Å². The molecule has 1 saturated heterocycles. The van der Waals surface area contributed by atoms with Gasteiger partial charge >= 0.3 is 6.01 Å². The Morgan fingerprint density at radius 1 is 1.17 bits per heavy atom. The first kappa shape index (κ1) is 30.6. The van der Waals surface area contributed by atoms with Crippen LogP contribution in [0.3, 0.4) is 0 Å². The van der Waals surface area contributed by atoms with Gasteiger partial charge in [-0.3, -0.25) is 9.78 Å². The SMILES string of the molecule is C=CC(=O)N1CCN(c2nc(OCCc3ccccn3)nc3c(F)c(-c4c(O)cccc4F)c(Cl)cc23)CC1C.CC. The molecule has 5 rings (SSSR count). The molecule has 1 fully saturated rings. The number of aromatic hydroxyl groups is 1. The summed E-state index contributed by atoms with van der Waals surface area (Å²) in [6.45, 7) is 10.8. The maximum atomic E-state index is 16.2. The van der Waals surface area contributed by atoms with Crippen LogP contribution in [0.5, 0.6) is 11.8 Å². The second kappa shape index (κ2) is 13.6. The van der Waals surface area contributed by atoms with Crippen LogP contribution < -0.4 is 9.64 Å². The van der Waals surface area contributed by atoms with E-state index in [1.165, 1.54) is 24.3 Å². The smallest absolute Gasteiger partial charge is 0.319 e. The van der Waals surface area contributed by atoms with Crippen LogP contribution in [0.2, 0.25) is 5.02 Å². The summed E-state index contributed by atoms with van der Waals surface area (Å²) in [5.41, 5.74) is -0.0220. The average molecular weight is 596 g/mol. The Morgan fingerprint density at radius 2 is 1.95 bits per heavy atom. The maximum Gasteiger partial charge on any atom is 0.319 e. The van der Waals surface area contributed by atoms with E-state index in [1.807, 2.05) is 43.9 Å². The molecule has 11 heteroatoms. The lowest BCUT2D eigenvalue weighted by molar-refractivity contribution is -0.128. The number of rotatable bonds is 7. The van der Waals surface area contributed by atoms with Crippen molar-refractivity contribution in [2.24, 2.45) is 0 Å². The number of anilines is 1. The number of aromatic nitrogens is 3. The van der Waals surface area contributed by atoms with Crippen molar-refractivity contribution in [2.75, 3.05) is 31.1 Å². The molecule has 1 atom stereocenters. The fourth-order valence-corrected chi connectivity index (χ4v) is 5.13. The van der Waals surface area contributed by atoms with E-state index < -0.39 is 17.4 Å². The molecule has 220 valence electrons. The number of phenolic OH excluding ortho intramolecular Hbond substituents is 1. The zero-order valence-corrected chi connectivity index (χ0v) is 24.4. The molecule has 8 nitrogen and oxygen atoms in total. The summed E-state index contributed by atoms with van der Waals surface area (Å²) in [6, 6.07) is 10.4. The van der Waals surface area contributed by atoms with Crippen LogP contribution >= 0.6 is 11.6 Å². The largest absolute Gasteiger partial charge is 0.507 e. The number of hydrogen-bond donors (Lipinski definition) is 1. The number of piperazine rings is 1. The molecule has 1 N–H and O–H groups in total. The number of pyridine rings is 1. The van der Waals surface area contributed by atoms with E-state index in [0.29, 0.717) is 31.9 Å². The number of fused-ring (bicyclic) bond motifs is 1. The van der Waals surface area contributed by atoms with Gasteiger partial charge in [-0.2, -0.15) is 9.97 Å². The molecule has 0 aliphatic carbocycles. The molecule has 1 aliphatic heterocycles. The molecule has 1 unspecified atom stereocenters. The van der Waals surface area contributed by atoms with Crippen molar-refractivity contribution in [1.82, 2.24) is 19.9 Å². The van der Waals surface area contributed by atoms with Crippen LogP contribution in [0, 0.1) is 11.6 Å². The van der Waals surface area contributed by atoms with Gasteiger partial charge in [0, 0.05) is 54.9 Å². The van der Waals surface area contributed by atoms with Crippen molar-refractivity contribution in [2.45, 2.75) is 33.2 Å². The molecular formula is C31H32ClF2N5O3. The number of hydrogen-bond acceptors (Lipinski definition) is 7. The third-order valence-electron chi connectivity index (χ3n) is 6.78. The highest BCUT2D eigenvalue weighted by Crippen LogP contribution is 2.42. The highest BCUT2D eigenvalue weighted by atomic mass is 35.5. The van der Waals surface area contributed by atoms with E-state index in [1.54, 1.807) is 11.1 Å². The molecular weight excluding hydrogens is 564 g/mol. The first-order valence-electron chi connectivity index (χ1n) is 13.7. The number of benzene rings is 2. The van der Waals surface area contributed by atoms with Crippen LogP contribution in [0.4, 0.5) is 14.6 Å². The second-order valence-corrected chi connectivity index (χ2v) is 9.76. The van der Waals surface area contributed by atoms with E-state index >= 15 is 4.39 Å². The minimum Gasteiger partial charge on any atom is -0.507 e. The van der Waals surface area contributed by atoms with Gasteiger partial charge in [-0.25, -0.2) is 8.78 Å². The van der Waals surface area contributed by atoms with Gasteiger partial charge in [-0.05, 0) is 43.3 Å². The zero-order valence-electron chi connectivity index (χ0n) is 23.6. The van der Waals surface area contributed by atoms with Crippen LogP contribution in [0.15, 0.2) is 61.3 Å². The van der Waals surface area contributed by atoms with Gasteiger partial charge in [0.15, 0.2) is 5.82 Å². The number of phenols is 1. The average Bonchev–Trinajstić information content (AvgIpc) is 2.99. The topological polar surface area (TPSA) is 91.7 Å². The molecule has 4 aromatic rings. The van der Waals surface area contributed by atoms with Crippen LogP contribution in [-0.2, 0) is 11.2 Å². The van der Waals surface area contributed by atoms with Crippen molar-refractivity contribution in [3.05, 3.63) is 83.7 Å². The van der Waals surface area contributed by atoms with Gasteiger partial charge in [0.05, 0.1) is 17.2 Å². The number of halogens is 3. The first-order chi connectivity index (χ1) is 20.3. The van der Waals surface area contributed by atoms with Crippen molar-refractivity contribution in [1.29, 1.82) is 0 Å². The molecule has 1 aliphatic rings. The number of ether oxygens (including phenoxy) is 1. The number of amides is 1. The minimum absolute atomic E-state index is 0.0828. The lowest BCUT2D eigenvalue weighted by atomic mass is 10.0. The van der Waals surface area contributed by atoms with Crippen LogP contribution in [-0.4, -0.2) is 63.1 Å². The molecule has 3 heterocycles. The quantitative estimate of drug-likeness (QED) is 0.254. The molecule has 2 aromatic heterocycles. The summed E-state index contributed by atoms with van der Waals surface area (Å²) in [4.78, 5) is 29.1. The molecule has 2 aromatic carbocycles. The Kier molecular flexibility index (Phi) is 9.90. The summed E-state index contributed by atoms with van der Waals surface area (Å²) in [5, 5.41) is 10.5. The Hall–Kier alpha value is -4.31. The van der Waals surface area contributed by atoms with E-state index in [-0.39, 0.29) is 51.6 Å². The normalized spacial score (nSPS) is 14.8. The van der Waals surface area contributed by atoms with E-state index in [2.05, 4.69) is 21.5 Å². The van der Waals surface area contributed by atoms with Crippen molar-refractivity contribution in [3.8, 4) is 22.9 Å². The fraction of sp³-hybridized carbons (Fsp3) is 0.290. The van der Waals surface area contributed by atoms with E-state index in [4.69, 9.17) is 16.3 Å². The number of carbonyl (C=O) groups is 1. The van der Waals surface area contributed by atoms with Gasteiger partial charge in [0.25, 0.3) is 0 Å². The minimum atomic E-state index is -0.922. The molecule has 0 spiro atoms. The molecule has 42 heavy (non-hydrogen) atoms. The number of nitrogens with zero attached hydrogens (tertiary/aromatic N) is 5. The predicted molar refractivity (Wildman–Crippen MR) is 160 cm³/mol. The highest BCUT2D eigenvalue weighted by molar-refractivity contribution is 6.34. The molecule has 1 amide bonds. The summed E-state index contributed by atoms with van der Waals surface area (Å²) in [6.07, 6.45) is 3.42. The Bertz CT molecular complexity index is 1570. The molecule has 0 bridgehead atoms. The third-order valence-corrected chi connectivity index (χ3v) is 7.08. The lowest BCUT2D eigenvalue weighted by Crippen LogP contribution is -2.54. The predicted octanol–water partition coefficient (Wildman–Crippen LogP) is 6.20. The summed E-state index contributed by atoms with van der Waals surface area (Å²) >= 11 is 6.51. The second-order valence-electron chi connectivity index (χ2n) is 9.36. The lowest BCUT2D eigenvalue weighted by Gasteiger charge is -2.40. The fourth-order valence-electron chi connectivity index (χ4n) is 4.84. The Balaban J connectivity index is 0.00000198. The summed E-state index contributed by atoms with van der Waals surface area (Å²) < 4.78 is 36.8. The van der Waals surface area contributed by atoms with E-state index in [9.17, 15) is 14.3 Å². The highest BCUT2D eigenvalue weighted by Gasteiger charge is 2.30. The Morgan fingerprint density at radius 3 is 2.62 bits per heavy atom. The Labute approximate surface area is 248 Å². The van der Waals surface area contributed by atoms with Gasteiger partial charge in [-0.15, -0.1) is 0 Å². The van der Waals surface area contributed by atoms with Crippen molar-refractivity contribution >= 4 is 34.2 Å². The first-order valence-corrected chi connectivity index (χ1v) is 14.0. The monoisotopic (exact) mass is 595 g/mol. The van der Waals surface area contributed by atoms with Crippen LogP contribution in [0.25, 0.3) is 22.0 Å². The van der Waals surface area contributed by atoms with Gasteiger partial charge in [0.2, 0.25) is 5.91 Å². The van der Waals surface area contributed by atoms with Crippen LogP contribution in [0.1, 0.15) is 26.5 Å². The molecule has 0 radical (unpaired) electrons. The third kappa shape index (κ3) is 6.28. The van der Waals surface area contributed by atoms with Crippen molar-refractivity contribution in [3.63, 3.8) is 0 Å². The molecule has 0 saturated carbocycles. The maximum absolute atomic E-state index is 16.2. The van der Waals surface area contributed by atoms with Gasteiger partial charge in [-0.1, -0.05) is 44.2 Å². The number of carbonyl (C=O) groups excluding carboxylic acids is 1. The van der Waals surface area contributed by atoms with Crippen molar-refractivity contribution < 1.29 is 23.4 Å².